The Kier molecular flexibility index (Phi) is 4.92. The Morgan fingerprint density at radius 1 is 1.03 bits per heavy atom. The van der Waals surface area contributed by atoms with Crippen LogP contribution in [0.4, 0.5) is 5.69 Å². The molecule has 3 unspecified atom stereocenters. The van der Waals surface area contributed by atoms with E-state index in [1.54, 1.807) is 0 Å². The highest BCUT2D eigenvalue weighted by Gasteiger charge is 2.40. The van der Waals surface area contributed by atoms with Crippen LogP contribution >= 0.6 is 0 Å². The first-order valence-corrected chi connectivity index (χ1v) is 11.5. The van der Waals surface area contributed by atoms with Crippen molar-refractivity contribution in [1.29, 1.82) is 0 Å². The van der Waals surface area contributed by atoms with Crippen LogP contribution in [0.25, 0.3) is 0 Å². The van der Waals surface area contributed by atoms with Gasteiger partial charge in [-0.15, -0.1) is 0 Å². The number of aryl methyl sites for hydroxylation is 3. The fourth-order valence-corrected chi connectivity index (χ4v) is 6.03. The standard InChI is InChI=1S/C27H32N2O/c1-17-15-18(2)24(19(3)16-17)26-22-11-7-9-20(22)21-10-8-12-23(25(21)28-26)27(30)29-13-5-4-6-14-29/h7-10,12,15-16,20,22,26,28H,4-6,11,13-14H2,1-3H3. The number of anilines is 1. The second kappa shape index (κ2) is 7.61. The number of nitrogens with one attached hydrogen (secondary N) is 1. The minimum atomic E-state index is 0.190. The molecule has 3 heteroatoms. The second-order valence-corrected chi connectivity index (χ2v) is 9.41. The number of rotatable bonds is 2. The van der Waals surface area contributed by atoms with Crippen LogP contribution in [0.15, 0.2) is 42.5 Å². The van der Waals surface area contributed by atoms with Crippen molar-refractivity contribution in [2.45, 2.75) is 58.4 Å². The number of para-hydroxylation sites is 1. The van der Waals surface area contributed by atoms with Gasteiger partial charge in [0, 0.05) is 19.0 Å². The van der Waals surface area contributed by atoms with Crippen LogP contribution < -0.4 is 5.32 Å². The average Bonchev–Trinajstić information content (AvgIpc) is 3.23. The summed E-state index contributed by atoms with van der Waals surface area (Å²) in [5, 5.41) is 3.89. The highest BCUT2D eigenvalue weighted by atomic mass is 16.2. The highest BCUT2D eigenvalue weighted by Crippen LogP contribution is 2.51. The molecule has 1 aliphatic carbocycles. The van der Waals surface area contributed by atoms with Crippen LogP contribution in [0, 0.1) is 26.7 Å². The molecule has 30 heavy (non-hydrogen) atoms. The Morgan fingerprint density at radius 3 is 2.50 bits per heavy atom. The van der Waals surface area contributed by atoms with Gasteiger partial charge < -0.3 is 10.2 Å². The SMILES string of the molecule is Cc1cc(C)c(C2Nc3c(C(=O)N4CCCCC4)cccc3C3C=CCC32)c(C)c1. The van der Waals surface area contributed by atoms with E-state index in [0.717, 1.165) is 43.6 Å². The summed E-state index contributed by atoms with van der Waals surface area (Å²) in [4.78, 5) is 15.5. The van der Waals surface area contributed by atoms with E-state index in [9.17, 15) is 4.79 Å². The summed E-state index contributed by atoms with van der Waals surface area (Å²) in [6.45, 7) is 8.40. The van der Waals surface area contributed by atoms with Crippen LogP contribution in [0.2, 0.25) is 0 Å². The quantitative estimate of drug-likeness (QED) is 0.621. The molecule has 3 aliphatic rings. The maximum atomic E-state index is 13.5. The van der Waals surface area contributed by atoms with Crippen LogP contribution in [-0.4, -0.2) is 23.9 Å². The molecule has 0 aromatic heterocycles. The number of piperidine rings is 1. The molecule has 3 nitrogen and oxygen atoms in total. The number of fused-ring (bicyclic) bond motifs is 3. The van der Waals surface area contributed by atoms with Gasteiger partial charge in [-0.25, -0.2) is 0 Å². The number of carbonyl (C=O) groups is 1. The molecule has 2 aliphatic heterocycles. The van der Waals surface area contributed by atoms with Gasteiger partial charge in [-0.05, 0) is 80.7 Å². The Morgan fingerprint density at radius 2 is 1.77 bits per heavy atom. The minimum absolute atomic E-state index is 0.190. The smallest absolute Gasteiger partial charge is 0.255 e. The number of hydrogen-bond donors (Lipinski definition) is 1. The third kappa shape index (κ3) is 3.15. The van der Waals surface area contributed by atoms with Gasteiger partial charge in [0.15, 0.2) is 0 Å². The summed E-state index contributed by atoms with van der Waals surface area (Å²) in [5.74, 6) is 1.06. The van der Waals surface area contributed by atoms with Crippen LogP contribution in [-0.2, 0) is 0 Å². The Balaban J connectivity index is 1.59. The maximum Gasteiger partial charge on any atom is 0.255 e. The third-order valence-electron chi connectivity index (χ3n) is 7.32. The van der Waals surface area contributed by atoms with Gasteiger partial charge in [0.2, 0.25) is 0 Å². The van der Waals surface area contributed by atoms with Crippen molar-refractivity contribution in [2.75, 3.05) is 18.4 Å². The molecule has 0 spiro atoms. The molecule has 3 atom stereocenters. The summed E-state index contributed by atoms with van der Waals surface area (Å²) >= 11 is 0. The third-order valence-corrected chi connectivity index (χ3v) is 7.32. The molecule has 1 amide bonds. The van der Waals surface area contributed by atoms with Crippen molar-refractivity contribution in [3.8, 4) is 0 Å². The maximum absolute atomic E-state index is 13.5. The summed E-state index contributed by atoms with van der Waals surface area (Å²) in [6.07, 6.45) is 9.25. The van der Waals surface area contributed by atoms with E-state index < -0.39 is 0 Å². The lowest BCUT2D eigenvalue weighted by Crippen LogP contribution is -2.37. The van der Waals surface area contributed by atoms with Gasteiger partial charge in [-0.2, -0.15) is 0 Å². The van der Waals surface area contributed by atoms with E-state index in [1.807, 2.05) is 6.07 Å². The number of carbonyl (C=O) groups excluding carboxylic acids is 1. The second-order valence-electron chi connectivity index (χ2n) is 9.41. The topological polar surface area (TPSA) is 32.3 Å². The summed E-state index contributed by atoms with van der Waals surface area (Å²) < 4.78 is 0. The first kappa shape index (κ1) is 19.4. The predicted molar refractivity (Wildman–Crippen MR) is 123 cm³/mol. The Labute approximate surface area is 180 Å². The lowest BCUT2D eigenvalue weighted by atomic mass is 9.74. The van der Waals surface area contributed by atoms with Crippen LogP contribution in [0.3, 0.4) is 0 Å². The van der Waals surface area contributed by atoms with E-state index in [-0.39, 0.29) is 11.9 Å². The zero-order valence-electron chi connectivity index (χ0n) is 18.4. The zero-order valence-corrected chi connectivity index (χ0v) is 18.4. The Hall–Kier alpha value is -2.55. The number of likely N-dealkylation sites (tertiary alicyclic amines) is 1. The molecule has 0 bridgehead atoms. The van der Waals surface area contributed by atoms with E-state index in [4.69, 9.17) is 0 Å². The molecule has 1 N–H and O–H groups in total. The van der Waals surface area contributed by atoms with Crippen molar-refractivity contribution in [3.05, 3.63) is 75.9 Å². The first-order chi connectivity index (χ1) is 14.5. The van der Waals surface area contributed by atoms with Gasteiger partial charge in [0.1, 0.15) is 0 Å². The molecule has 1 fully saturated rings. The number of nitrogens with zero attached hydrogens (tertiary/aromatic N) is 1. The molecule has 0 saturated carbocycles. The fourth-order valence-electron chi connectivity index (χ4n) is 6.03. The zero-order chi connectivity index (χ0) is 20.8. The van der Waals surface area contributed by atoms with Gasteiger partial charge >= 0.3 is 0 Å². The molecular formula is C27H32N2O. The molecule has 1 saturated heterocycles. The van der Waals surface area contributed by atoms with Crippen LogP contribution in [0.5, 0.6) is 0 Å². The van der Waals surface area contributed by atoms with E-state index >= 15 is 0 Å². The first-order valence-electron chi connectivity index (χ1n) is 11.5. The highest BCUT2D eigenvalue weighted by molar-refractivity contribution is 6.01. The van der Waals surface area contributed by atoms with E-state index in [2.05, 4.69) is 67.4 Å². The molecular weight excluding hydrogens is 368 g/mol. The fraction of sp³-hybridized carbons (Fsp3) is 0.444. The van der Waals surface area contributed by atoms with Gasteiger partial charge in [0.05, 0.1) is 17.3 Å². The normalized spacial score (nSPS) is 24.9. The Bertz CT molecular complexity index is 993. The number of benzene rings is 2. The van der Waals surface area contributed by atoms with E-state index in [1.165, 1.54) is 34.2 Å². The van der Waals surface area contributed by atoms with Gasteiger partial charge in [-0.1, -0.05) is 42.0 Å². The number of amides is 1. The minimum Gasteiger partial charge on any atom is -0.377 e. The van der Waals surface area contributed by atoms with E-state index in [0.29, 0.717) is 11.8 Å². The molecule has 2 heterocycles. The molecule has 5 rings (SSSR count). The lowest BCUT2D eigenvalue weighted by Gasteiger charge is -2.40. The average molecular weight is 401 g/mol. The van der Waals surface area contributed by atoms with Crippen molar-refractivity contribution in [1.82, 2.24) is 4.90 Å². The van der Waals surface area contributed by atoms with Gasteiger partial charge in [0.25, 0.3) is 5.91 Å². The molecule has 0 radical (unpaired) electrons. The largest absolute Gasteiger partial charge is 0.377 e. The predicted octanol–water partition coefficient (Wildman–Crippen LogP) is 6.06. The molecule has 2 aromatic carbocycles. The van der Waals surface area contributed by atoms with Crippen molar-refractivity contribution in [2.24, 2.45) is 5.92 Å². The monoisotopic (exact) mass is 400 g/mol. The van der Waals surface area contributed by atoms with Crippen LogP contribution in [0.1, 0.15) is 75.8 Å². The van der Waals surface area contributed by atoms with Crippen molar-refractivity contribution >= 4 is 11.6 Å². The molecule has 156 valence electrons. The van der Waals surface area contributed by atoms with Gasteiger partial charge in [-0.3, -0.25) is 4.79 Å². The lowest BCUT2D eigenvalue weighted by molar-refractivity contribution is 0.0725. The van der Waals surface area contributed by atoms with Crippen molar-refractivity contribution < 1.29 is 4.79 Å². The number of allylic oxidation sites excluding steroid dienone is 2. The summed E-state index contributed by atoms with van der Waals surface area (Å²) in [7, 11) is 0. The number of hydrogen-bond acceptors (Lipinski definition) is 2. The summed E-state index contributed by atoms with van der Waals surface area (Å²) in [6, 6.07) is 11.1. The van der Waals surface area contributed by atoms with Crippen molar-refractivity contribution in [3.63, 3.8) is 0 Å². The summed E-state index contributed by atoms with van der Waals surface area (Å²) in [5.41, 5.74) is 8.61. The molecule has 2 aromatic rings.